The summed E-state index contributed by atoms with van der Waals surface area (Å²) in [6.45, 7) is 0.191. The van der Waals surface area contributed by atoms with Gasteiger partial charge in [-0.1, -0.05) is 0 Å². The smallest absolute Gasteiger partial charge is 0.260 e. The third-order valence-electron chi connectivity index (χ3n) is 1.78. The Morgan fingerprint density at radius 3 is 2.88 bits per heavy atom. The fourth-order valence-corrected chi connectivity index (χ4v) is 2.64. The van der Waals surface area contributed by atoms with Crippen LogP contribution in [0.3, 0.4) is 0 Å². The number of nitrogens with one attached hydrogen (secondary N) is 1. The van der Waals surface area contributed by atoms with Crippen molar-refractivity contribution >= 4 is 50.4 Å². The zero-order valence-corrected chi connectivity index (χ0v) is 11.4. The molecule has 0 aromatic rings. The SMILES string of the molecule is O=S1(=O)CC=C(NC(=S)OC[C@H](Cl)CCl)C1. The van der Waals surface area contributed by atoms with Crippen molar-refractivity contribution in [3.05, 3.63) is 11.8 Å². The summed E-state index contributed by atoms with van der Waals surface area (Å²) in [7, 11) is -2.99. The van der Waals surface area contributed by atoms with Gasteiger partial charge >= 0.3 is 0 Å². The molecular weight excluding hydrogens is 293 g/mol. The van der Waals surface area contributed by atoms with E-state index in [4.69, 9.17) is 40.2 Å². The molecule has 1 aliphatic heterocycles. The maximum absolute atomic E-state index is 11.1. The number of hydrogen-bond acceptors (Lipinski definition) is 4. The topological polar surface area (TPSA) is 55.4 Å². The first-order valence-electron chi connectivity index (χ1n) is 4.46. The summed E-state index contributed by atoms with van der Waals surface area (Å²) in [5.41, 5.74) is 0.544. The summed E-state index contributed by atoms with van der Waals surface area (Å²) in [4.78, 5) is 0. The molecule has 1 rings (SSSR count). The standard InChI is InChI=1S/C8H11Cl2NO3S2/c9-3-6(10)4-14-8(15)11-7-1-2-16(12,13)5-7/h1,6H,2-5H2,(H,11,15)/t6-/m1/s1. The number of alkyl halides is 2. The van der Waals surface area contributed by atoms with Gasteiger partial charge in [-0.2, -0.15) is 0 Å². The van der Waals surface area contributed by atoms with E-state index in [9.17, 15) is 8.42 Å². The molecule has 0 amide bonds. The highest BCUT2D eigenvalue weighted by Gasteiger charge is 2.20. The lowest BCUT2D eigenvalue weighted by molar-refractivity contribution is 0.305. The van der Waals surface area contributed by atoms with Crippen LogP contribution in [-0.2, 0) is 14.6 Å². The van der Waals surface area contributed by atoms with E-state index in [1.54, 1.807) is 6.08 Å². The Labute approximate surface area is 110 Å². The molecule has 0 aromatic carbocycles. The third-order valence-corrected chi connectivity index (χ3v) is 4.24. The van der Waals surface area contributed by atoms with Gasteiger partial charge in [0.2, 0.25) is 0 Å². The Morgan fingerprint density at radius 1 is 1.69 bits per heavy atom. The van der Waals surface area contributed by atoms with Gasteiger partial charge in [-0.15, -0.1) is 23.2 Å². The van der Waals surface area contributed by atoms with Gasteiger partial charge in [-0.25, -0.2) is 8.42 Å². The Balaban J connectivity index is 2.31. The van der Waals surface area contributed by atoms with Crippen molar-refractivity contribution in [3.63, 3.8) is 0 Å². The number of hydrogen-bond donors (Lipinski definition) is 1. The number of sulfone groups is 1. The first-order chi connectivity index (χ1) is 7.43. The predicted molar refractivity (Wildman–Crippen MR) is 68.8 cm³/mol. The summed E-state index contributed by atoms with van der Waals surface area (Å²) in [5.74, 6) is 0.273. The molecule has 0 aromatic heterocycles. The van der Waals surface area contributed by atoms with Crippen LogP contribution in [0, 0.1) is 0 Å². The van der Waals surface area contributed by atoms with Crippen LogP contribution in [0.5, 0.6) is 0 Å². The lowest BCUT2D eigenvalue weighted by Crippen LogP contribution is -2.27. The minimum absolute atomic E-state index is 0.0314. The lowest BCUT2D eigenvalue weighted by atomic mass is 10.5. The van der Waals surface area contributed by atoms with Gasteiger partial charge < -0.3 is 10.1 Å². The van der Waals surface area contributed by atoms with Crippen LogP contribution in [0.2, 0.25) is 0 Å². The summed E-state index contributed by atoms with van der Waals surface area (Å²) in [6.07, 6.45) is 1.57. The van der Waals surface area contributed by atoms with E-state index in [1.165, 1.54) is 0 Å². The molecular formula is C8H11Cl2NO3S2. The van der Waals surface area contributed by atoms with Crippen LogP contribution in [0.1, 0.15) is 0 Å². The van der Waals surface area contributed by atoms with Crippen LogP contribution < -0.4 is 5.32 Å². The molecule has 8 heteroatoms. The van der Waals surface area contributed by atoms with E-state index in [2.05, 4.69) is 5.32 Å². The molecule has 0 aliphatic carbocycles. The van der Waals surface area contributed by atoms with Gasteiger partial charge in [0.05, 0.1) is 16.9 Å². The molecule has 1 N–H and O–H groups in total. The van der Waals surface area contributed by atoms with Gasteiger partial charge in [0.15, 0.2) is 9.84 Å². The fourth-order valence-electron chi connectivity index (χ4n) is 1.05. The second-order valence-electron chi connectivity index (χ2n) is 3.26. The van der Waals surface area contributed by atoms with Crippen LogP contribution >= 0.6 is 35.4 Å². The predicted octanol–water partition coefficient (Wildman–Crippen LogP) is 1.04. The average Bonchev–Trinajstić information content (AvgIpc) is 2.54. The Hall–Kier alpha value is -0.0400. The van der Waals surface area contributed by atoms with Crippen molar-refractivity contribution in [3.8, 4) is 0 Å². The lowest BCUT2D eigenvalue weighted by Gasteiger charge is -2.11. The first kappa shape index (κ1) is 14.0. The van der Waals surface area contributed by atoms with Crippen LogP contribution in [0.25, 0.3) is 0 Å². The van der Waals surface area contributed by atoms with E-state index in [1.807, 2.05) is 0 Å². The zero-order chi connectivity index (χ0) is 12.2. The molecule has 92 valence electrons. The van der Waals surface area contributed by atoms with Crippen LogP contribution in [0.15, 0.2) is 11.8 Å². The summed E-state index contributed by atoms with van der Waals surface area (Å²) in [5, 5.41) is 2.50. The van der Waals surface area contributed by atoms with Crippen molar-refractivity contribution in [1.82, 2.24) is 5.32 Å². The molecule has 16 heavy (non-hydrogen) atoms. The Morgan fingerprint density at radius 2 is 2.38 bits per heavy atom. The third kappa shape index (κ3) is 4.86. The number of ether oxygens (including phenoxy) is 1. The molecule has 0 unspecified atom stereocenters. The molecule has 0 saturated heterocycles. The molecule has 0 fully saturated rings. The highest BCUT2D eigenvalue weighted by molar-refractivity contribution is 7.92. The minimum atomic E-state index is -2.99. The molecule has 1 aliphatic rings. The quantitative estimate of drug-likeness (QED) is 0.621. The highest BCUT2D eigenvalue weighted by atomic mass is 35.5. The zero-order valence-electron chi connectivity index (χ0n) is 8.28. The average molecular weight is 304 g/mol. The van der Waals surface area contributed by atoms with Crippen molar-refractivity contribution in [2.45, 2.75) is 5.38 Å². The molecule has 0 spiro atoms. The maximum atomic E-state index is 11.1. The number of thiocarbonyl (C=S) groups is 1. The van der Waals surface area contributed by atoms with E-state index >= 15 is 0 Å². The second-order valence-corrected chi connectivity index (χ2v) is 6.66. The number of rotatable bonds is 4. The number of halogens is 2. The largest absolute Gasteiger partial charge is 0.469 e. The van der Waals surface area contributed by atoms with E-state index in [0.29, 0.717) is 5.70 Å². The Kier molecular flexibility index (Phi) is 5.30. The Bertz CT molecular complexity index is 394. The normalized spacial score (nSPS) is 20.0. The van der Waals surface area contributed by atoms with Gasteiger partial charge in [-0.3, -0.25) is 0 Å². The van der Waals surface area contributed by atoms with Crippen molar-refractivity contribution in [2.24, 2.45) is 0 Å². The van der Waals surface area contributed by atoms with Gasteiger partial charge in [0, 0.05) is 11.6 Å². The molecule has 0 radical (unpaired) electrons. The summed E-state index contributed by atoms with van der Waals surface area (Å²) < 4.78 is 27.3. The maximum Gasteiger partial charge on any atom is 0.260 e. The van der Waals surface area contributed by atoms with Crippen molar-refractivity contribution < 1.29 is 13.2 Å². The van der Waals surface area contributed by atoms with E-state index in [-0.39, 0.29) is 34.5 Å². The summed E-state index contributed by atoms with van der Waals surface area (Å²) in [6, 6.07) is 0. The molecule has 1 atom stereocenters. The van der Waals surface area contributed by atoms with Crippen LogP contribution in [0.4, 0.5) is 0 Å². The fraction of sp³-hybridized carbons (Fsp3) is 0.625. The highest BCUT2D eigenvalue weighted by Crippen LogP contribution is 2.08. The second kappa shape index (κ2) is 6.05. The molecule has 0 bridgehead atoms. The van der Waals surface area contributed by atoms with E-state index in [0.717, 1.165) is 0 Å². The van der Waals surface area contributed by atoms with Gasteiger partial charge in [0.25, 0.3) is 5.17 Å². The van der Waals surface area contributed by atoms with Crippen molar-refractivity contribution in [2.75, 3.05) is 24.0 Å². The molecule has 4 nitrogen and oxygen atoms in total. The van der Waals surface area contributed by atoms with Crippen molar-refractivity contribution in [1.29, 1.82) is 0 Å². The molecule has 1 heterocycles. The summed E-state index contributed by atoms with van der Waals surface area (Å²) >= 11 is 16.1. The molecule has 0 saturated carbocycles. The van der Waals surface area contributed by atoms with Gasteiger partial charge in [-0.05, 0) is 18.3 Å². The van der Waals surface area contributed by atoms with E-state index < -0.39 is 9.84 Å². The first-order valence-corrected chi connectivity index (χ1v) is 7.66. The van der Waals surface area contributed by atoms with Crippen LogP contribution in [-0.4, -0.2) is 43.0 Å². The minimum Gasteiger partial charge on any atom is -0.469 e. The monoisotopic (exact) mass is 303 g/mol. The van der Waals surface area contributed by atoms with Gasteiger partial charge in [0.1, 0.15) is 6.61 Å².